The van der Waals surface area contributed by atoms with E-state index in [4.69, 9.17) is 5.11 Å². The summed E-state index contributed by atoms with van der Waals surface area (Å²) in [6, 6.07) is 8.38. The molecule has 1 heterocycles. The zero-order chi connectivity index (χ0) is 19.7. The highest BCUT2D eigenvalue weighted by molar-refractivity contribution is 8.04. The molecule has 0 fully saturated rings. The Morgan fingerprint density at radius 1 is 1.00 bits per heavy atom. The highest BCUT2D eigenvalue weighted by atomic mass is 32.2. The third kappa shape index (κ3) is 3.52. The van der Waals surface area contributed by atoms with E-state index in [1.807, 2.05) is 26.0 Å². The van der Waals surface area contributed by atoms with Crippen molar-refractivity contribution in [1.29, 1.82) is 0 Å². The molecular formula is C20H17F2NO3S. The summed E-state index contributed by atoms with van der Waals surface area (Å²) in [6.07, 6.45) is 0. The molecule has 2 aromatic carbocycles. The minimum atomic E-state index is -1.14. The van der Waals surface area contributed by atoms with Crippen molar-refractivity contribution in [3.8, 4) is 0 Å². The van der Waals surface area contributed by atoms with Crippen molar-refractivity contribution in [2.45, 2.75) is 13.8 Å². The third-order valence-electron chi connectivity index (χ3n) is 4.19. The van der Waals surface area contributed by atoms with Crippen LogP contribution in [0.15, 0.2) is 41.3 Å². The predicted octanol–water partition coefficient (Wildman–Crippen LogP) is 3.59. The summed E-state index contributed by atoms with van der Waals surface area (Å²) < 4.78 is 26.9. The van der Waals surface area contributed by atoms with Gasteiger partial charge in [-0.1, -0.05) is 23.8 Å². The number of nitrogens with zero attached hydrogens (tertiary/aromatic N) is 1. The number of thioether (sulfide) groups is 1. The van der Waals surface area contributed by atoms with E-state index in [2.05, 4.69) is 0 Å². The minimum Gasteiger partial charge on any atom is -0.396 e. The van der Waals surface area contributed by atoms with Gasteiger partial charge in [-0.15, -0.1) is 11.8 Å². The Morgan fingerprint density at radius 2 is 1.74 bits per heavy atom. The second-order valence-electron chi connectivity index (χ2n) is 6.14. The van der Waals surface area contributed by atoms with Crippen LogP contribution in [-0.4, -0.2) is 29.3 Å². The molecular weight excluding hydrogens is 372 g/mol. The van der Waals surface area contributed by atoms with E-state index in [9.17, 15) is 18.4 Å². The largest absolute Gasteiger partial charge is 0.396 e. The Balaban J connectivity index is 2.12. The third-order valence-corrected chi connectivity index (χ3v) is 5.25. The molecule has 7 heteroatoms. The lowest BCUT2D eigenvalue weighted by Gasteiger charge is -2.15. The van der Waals surface area contributed by atoms with Gasteiger partial charge in [-0.2, -0.15) is 0 Å². The van der Waals surface area contributed by atoms with E-state index in [0.29, 0.717) is 5.56 Å². The number of amides is 2. The normalized spacial score (nSPS) is 14.5. The summed E-state index contributed by atoms with van der Waals surface area (Å²) in [5.41, 5.74) is 2.60. The van der Waals surface area contributed by atoms with Gasteiger partial charge < -0.3 is 5.11 Å². The van der Waals surface area contributed by atoms with Crippen LogP contribution >= 0.6 is 11.8 Å². The zero-order valence-corrected chi connectivity index (χ0v) is 15.6. The number of hydrogen-bond acceptors (Lipinski definition) is 4. The molecule has 0 unspecified atom stereocenters. The zero-order valence-electron chi connectivity index (χ0n) is 14.8. The Kier molecular flexibility index (Phi) is 5.43. The Hall–Kier alpha value is -2.51. The Morgan fingerprint density at radius 3 is 2.37 bits per heavy atom. The standard InChI is InChI=1S/C20H17F2NO3S/c1-11-3-5-14(12(2)9-11)17-18(27-8-7-24)20(26)23(19(17)25)13-4-6-15(21)16(22)10-13/h3-6,9-10,24H,7-8H2,1-2H3. The molecule has 0 atom stereocenters. The number of hydrogen-bond donors (Lipinski definition) is 1. The number of benzene rings is 2. The average Bonchev–Trinajstić information content (AvgIpc) is 2.86. The lowest BCUT2D eigenvalue weighted by atomic mass is 9.99. The van der Waals surface area contributed by atoms with E-state index in [-0.39, 0.29) is 28.5 Å². The molecule has 0 radical (unpaired) electrons. The SMILES string of the molecule is Cc1ccc(C2=C(SCCO)C(=O)N(c3ccc(F)c(F)c3)C2=O)c(C)c1. The Labute approximate surface area is 159 Å². The maximum Gasteiger partial charge on any atom is 0.272 e. The Bertz CT molecular complexity index is 972. The van der Waals surface area contributed by atoms with Gasteiger partial charge in [0.15, 0.2) is 11.6 Å². The van der Waals surface area contributed by atoms with Gasteiger partial charge >= 0.3 is 0 Å². The van der Waals surface area contributed by atoms with Gasteiger partial charge in [0.2, 0.25) is 0 Å². The van der Waals surface area contributed by atoms with Crippen molar-refractivity contribution in [3.05, 3.63) is 69.6 Å². The summed E-state index contributed by atoms with van der Waals surface area (Å²) in [7, 11) is 0. The maximum atomic E-state index is 13.6. The molecule has 27 heavy (non-hydrogen) atoms. The van der Waals surface area contributed by atoms with Gasteiger partial charge in [-0.3, -0.25) is 9.59 Å². The van der Waals surface area contributed by atoms with Crippen LogP contribution in [0.5, 0.6) is 0 Å². The van der Waals surface area contributed by atoms with Crippen LogP contribution in [0.25, 0.3) is 5.57 Å². The van der Waals surface area contributed by atoms with Gasteiger partial charge in [0.05, 0.1) is 22.8 Å². The molecule has 2 amide bonds. The molecule has 4 nitrogen and oxygen atoms in total. The number of carbonyl (C=O) groups is 2. The first-order valence-electron chi connectivity index (χ1n) is 8.24. The number of halogens is 2. The first-order valence-corrected chi connectivity index (χ1v) is 9.23. The number of carbonyl (C=O) groups excluding carboxylic acids is 2. The summed E-state index contributed by atoms with van der Waals surface area (Å²) in [5, 5.41) is 9.13. The fourth-order valence-electron chi connectivity index (χ4n) is 2.98. The van der Waals surface area contributed by atoms with Crippen LogP contribution < -0.4 is 4.90 Å². The molecule has 0 aromatic heterocycles. The molecule has 3 rings (SSSR count). The number of rotatable bonds is 5. The molecule has 0 saturated carbocycles. The van der Waals surface area contributed by atoms with Gasteiger partial charge in [-0.05, 0) is 37.1 Å². The molecule has 140 valence electrons. The summed E-state index contributed by atoms with van der Waals surface area (Å²) in [6.45, 7) is 3.59. The number of anilines is 1. The molecule has 0 aliphatic carbocycles. The first kappa shape index (κ1) is 19.3. The van der Waals surface area contributed by atoms with E-state index >= 15 is 0 Å². The molecule has 1 aliphatic heterocycles. The quantitative estimate of drug-likeness (QED) is 0.794. The smallest absolute Gasteiger partial charge is 0.272 e. The van der Waals surface area contributed by atoms with Crippen molar-refractivity contribution >= 4 is 34.8 Å². The first-order chi connectivity index (χ1) is 12.8. The molecule has 0 saturated heterocycles. The lowest BCUT2D eigenvalue weighted by Crippen LogP contribution is -2.31. The second-order valence-corrected chi connectivity index (χ2v) is 7.24. The van der Waals surface area contributed by atoms with E-state index in [0.717, 1.165) is 39.9 Å². The highest BCUT2D eigenvalue weighted by Crippen LogP contribution is 2.39. The van der Waals surface area contributed by atoms with Crippen molar-refractivity contribution in [2.24, 2.45) is 0 Å². The average molecular weight is 389 g/mol. The molecule has 0 spiro atoms. The summed E-state index contributed by atoms with van der Waals surface area (Å²) >= 11 is 1.07. The van der Waals surface area contributed by atoms with Crippen LogP contribution in [0, 0.1) is 25.5 Å². The highest BCUT2D eigenvalue weighted by Gasteiger charge is 2.40. The van der Waals surface area contributed by atoms with Gasteiger partial charge in [0.1, 0.15) is 0 Å². The predicted molar refractivity (Wildman–Crippen MR) is 101 cm³/mol. The lowest BCUT2D eigenvalue weighted by molar-refractivity contribution is -0.119. The number of aliphatic hydroxyl groups excluding tert-OH is 1. The monoisotopic (exact) mass is 389 g/mol. The van der Waals surface area contributed by atoms with Crippen LogP contribution in [0.1, 0.15) is 16.7 Å². The number of aryl methyl sites for hydroxylation is 2. The topological polar surface area (TPSA) is 57.6 Å². The van der Waals surface area contributed by atoms with Gasteiger partial charge in [0, 0.05) is 11.8 Å². The molecule has 0 bridgehead atoms. The van der Waals surface area contributed by atoms with E-state index in [1.165, 1.54) is 6.07 Å². The van der Waals surface area contributed by atoms with Gasteiger partial charge in [0.25, 0.3) is 11.8 Å². The fraction of sp³-hybridized carbons (Fsp3) is 0.200. The maximum absolute atomic E-state index is 13.6. The van der Waals surface area contributed by atoms with Crippen LogP contribution in [0.2, 0.25) is 0 Å². The van der Waals surface area contributed by atoms with Crippen LogP contribution in [0.3, 0.4) is 0 Å². The minimum absolute atomic E-state index is 0.0363. The second kappa shape index (κ2) is 7.62. The van der Waals surface area contributed by atoms with Crippen molar-refractivity contribution in [3.63, 3.8) is 0 Å². The van der Waals surface area contributed by atoms with Crippen molar-refractivity contribution in [1.82, 2.24) is 0 Å². The van der Waals surface area contributed by atoms with Crippen LogP contribution in [0.4, 0.5) is 14.5 Å². The summed E-state index contributed by atoms with van der Waals surface area (Å²) in [4.78, 5) is 27.0. The van der Waals surface area contributed by atoms with Crippen LogP contribution in [-0.2, 0) is 9.59 Å². The molecule has 2 aromatic rings. The number of imide groups is 1. The van der Waals surface area contributed by atoms with Gasteiger partial charge in [-0.25, -0.2) is 13.7 Å². The van der Waals surface area contributed by atoms with Crippen molar-refractivity contribution in [2.75, 3.05) is 17.3 Å². The molecule has 1 aliphatic rings. The fourth-order valence-corrected chi connectivity index (χ4v) is 3.83. The summed E-state index contributed by atoms with van der Waals surface area (Å²) in [5.74, 6) is -3.18. The van der Waals surface area contributed by atoms with Crippen molar-refractivity contribution < 1.29 is 23.5 Å². The number of aliphatic hydroxyl groups is 1. The van der Waals surface area contributed by atoms with E-state index < -0.39 is 23.4 Å². The molecule has 1 N–H and O–H groups in total. The van der Waals surface area contributed by atoms with E-state index in [1.54, 1.807) is 6.07 Å².